The lowest BCUT2D eigenvalue weighted by Crippen LogP contribution is -2.42. The van der Waals surface area contributed by atoms with Crippen LogP contribution < -0.4 is 0 Å². The Morgan fingerprint density at radius 1 is 1.08 bits per heavy atom. The first-order chi connectivity index (χ1) is 17.2. The van der Waals surface area contributed by atoms with E-state index in [1.54, 1.807) is 6.92 Å². The molecule has 2 saturated carbocycles. The summed E-state index contributed by atoms with van der Waals surface area (Å²) in [7, 11) is 0. The molecule has 1 aliphatic heterocycles. The Morgan fingerprint density at radius 2 is 1.75 bits per heavy atom. The third kappa shape index (κ3) is 3.71. The monoisotopic (exact) mass is 486 g/mol. The minimum Gasteiger partial charge on any atom is -0.461 e. The molecule has 36 heavy (non-hydrogen) atoms. The van der Waals surface area contributed by atoms with E-state index < -0.39 is 17.4 Å². The van der Waals surface area contributed by atoms with Crippen molar-refractivity contribution in [2.24, 2.45) is 29.6 Å². The first-order valence-electron chi connectivity index (χ1n) is 12.9. The lowest BCUT2D eigenvalue weighted by molar-refractivity contribution is -0.166. The summed E-state index contributed by atoms with van der Waals surface area (Å²) < 4.78 is 12.3. The molecule has 0 amide bonds. The molecule has 2 aromatic rings. The van der Waals surface area contributed by atoms with Gasteiger partial charge in [0, 0.05) is 29.4 Å². The molecule has 3 fully saturated rings. The van der Waals surface area contributed by atoms with Gasteiger partial charge in [-0.05, 0) is 56.2 Å². The Labute approximate surface area is 212 Å². The Hall–Kier alpha value is -3.21. The molecule has 5 heteroatoms. The molecule has 2 aliphatic carbocycles. The number of ether oxygens (including phenoxy) is 2. The maximum absolute atomic E-state index is 14.1. The van der Waals surface area contributed by atoms with Crippen molar-refractivity contribution < 1.29 is 23.9 Å². The average Bonchev–Trinajstić information content (AvgIpc) is 3.48. The van der Waals surface area contributed by atoms with Gasteiger partial charge in [0.1, 0.15) is 6.10 Å². The highest BCUT2D eigenvalue weighted by Crippen LogP contribution is 2.62. The topological polar surface area (TPSA) is 69.7 Å². The molecule has 1 heterocycles. The predicted molar refractivity (Wildman–Crippen MR) is 136 cm³/mol. The number of Topliss-reactive ketones (excluding diaryl/α,β-unsaturated/α-hetero) is 1. The quantitative estimate of drug-likeness (QED) is 0.373. The maximum atomic E-state index is 14.1. The molecular weight excluding hydrogens is 452 g/mol. The number of fused-ring (bicyclic) bond motifs is 1. The van der Waals surface area contributed by atoms with Crippen LogP contribution in [0.4, 0.5) is 0 Å². The highest BCUT2D eigenvalue weighted by molar-refractivity contribution is 5.95. The number of carbonyl (C=O) groups is 3. The first kappa shape index (κ1) is 24.5. The molecule has 0 N–H and O–H groups in total. The molecule has 2 aromatic carbocycles. The van der Waals surface area contributed by atoms with E-state index in [0.717, 1.165) is 28.7 Å². The van der Waals surface area contributed by atoms with Crippen LogP contribution in [0, 0.1) is 36.5 Å². The van der Waals surface area contributed by atoms with Gasteiger partial charge in [-0.1, -0.05) is 62.0 Å². The number of carbonyl (C=O) groups excluding carboxylic acids is 3. The molecular formula is C31H34O5. The van der Waals surface area contributed by atoms with E-state index in [-0.39, 0.29) is 48.0 Å². The van der Waals surface area contributed by atoms with Gasteiger partial charge in [-0.15, -0.1) is 0 Å². The van der Waals surface area contributed by atoms with Crippen LogP contribution in [0.15, 0.2) is 60.7 Å². The SMILES string of the molecule is C=C(C)C(=O)CC1C2CC3C1OC(=O)C3C2C(=O)OC(C)(c1ccccc1C)c1ccccc1CC. The number of ketones is 1. The Balaban J connectivity index is 1.53. The van der Waals surface area contributed by atoms with Gasteiger partial charge in [-0.2, -0.15) is 0 Å². The van der Waals surface area contributed by atoms with Crippen molar-refractivity contribution in [3.63, 3.8) is 0 Å². The Morgan fingerprint density at radius 3 is 2.42 bits per heavy atom. The second-order valence-corrected chi connectivity index (χ2v) is 10.9. The summed E-state index contributed by atoms with van der Waals surface area (Å²) in [5.41, 5.74) is 3.46. The van der Waals surface area contributed by atoms with Crippen molar-refractivity contribution in [1.29, 1.82) is 0 Å². The average molecular weight is 487 g/mol. The summed E-state index contributed by atoms with van der Waals surface area (Å²) in [4.78, 5) is 39.5. The van der Waals surface area contributed by atoms with Crippen molar-refractivity contribution in [3.05, 3.63) is 82.9 Å². The summed E-state index contributed by atoms with van der Waals surface area (Å²) in [6.07, 6.45) is 1.47. The fourth-order valence-electron chi connectivity index (χ4n) is 7.09. The predicted octanol–water partition coefficient (Wildman–Crippen LogP) is 5.32. The van der Waals surface area contributed by atoms with E-state index in [9.17, 15) is 14.4 Å². The van der Waals surface area contributed by atoms with Gasteiger partial charge < -0.3 is 9.47 Å². The van der Waals surface area contributed by atoms with Crippen LogP contribution in [0.1, 0.15) is 55.9 Å². The highest BCUT2D eigenvalue weighted by atomic mass is 16.6. The third-order valence-corrected chi connectivity index (χ3v) is 8.82. The minimum atomic E-state index is -1.03. The molecule has 7 atom stereocenters. The van der Waals surface area contributed by atoms with Gasteiger partial charge in [0.15, 0.2) is 11.4 Å². The molecule has 2 bridgehead atoms. The molecule has 5 rings (SSSR count). The number of hydrogen-bond acceptors (Lipinski definition) is 5. The zero-order valence-electron chi connectivity index (χ0n) is 21.5. The normalized spacial score (nSPS) is 29.5. The molecule has 188 valence electrons. The van der Waals surface area contributed by atoms with E-state index in [2.05, 4.69) is 19.6 Å². The standard InChI is InChI=1S/C31H34O5/c1-6-19-12-8-10-14-24(19)31(5,23-13-9-7-11-18(23)4)36-30(34)26-20-15-22-27(26)29(33)35-28(22)21(20)16-25(32)17(2)3/h7-14,20-22,26-28H,2,6,15-16H2,1,3-5H3. The zero-order valence-corrected chi connectivity index (χ0v) is 21.5. The van der Waals surface area contributed by atoms with Crippen LogP contribution in [0.25, 0.3) is 0 Å². The number of benzene rings is 2. The fourth-order valence-corrected chi connectivity index (χ4v) is 7.09. The van der Waals surface area contributed by atoms with Crippen molar-refractivity contribution in [3.8, 4) is 0 Å². The van der Waals surface area contributed by atoms with Crippen molar-refractivity contribution >= 4 is 17.7 Å². The molecule has 0 aromatic heterocycles. The fraction of sp³-hybridized carbons (Fsp3) is 0.452. The van der Waals surface area contributed by atoms with Crippen molar-refractivity contribution in [2.45, 2.75) is 58.7 Å². The number of aryl methyl sites for hydroxylation is 2. The molecule has 7 unspecified atom stereocenters. The number of allylic oxidation sites excluding steroid dienone is 1. The highest BCUT2D eigenvalue weighted by Gasteiger charge is 2.69. The summed E-state index contributed by atoms with van der Waals surface area (Å²) >= 11 is 0. The largest absolute Gasteiger partial charge is 0.461 e. The summed E-state index contributed by atoms with van der Waals surface area (Å²) in [6.45, 7) is 11.5. The van der Waals surface area contributed by atoms with Gasteiger partial charge in [-0.25, -0.2) is 0 Å². The molecule has 0 radical (unpaired) electrons. The second-order valence-electron chi connectivity index (χ2n) is 10.9. The smallest absolute Gasteiger partial charge is 0.311 e. The first-order valence-corrected chi connectivity index (χ1v) is 12.9. The lowest BCUT2D eigenvalue weighted by Gasteiger charge is -2.37. The van der Waals surface area contributed by atoms with Crippen molar-refractivity contribution in [1.82, 2.24) is 0 Å². The second kappa shape index (κ2) is 9.02. The summed E-state index contributed by atoms with van der Waals surface area (Å²) in [6, 6.07) is 16.0. The molecule has 0 spiro atoms. The lowest BCUT2D eigenvalue weighted by atomic mass is 9.72. The summed E-state index contributed by atoms with van der Waals surface area (Å²) in [5, 5.41) is 0. The molecule has 3 aliphatic rings. The van der Waals surface area contributed by atoms with Crippen LogP contribution in [-0.2, 0) is 35.9 Å². The van der Waals surface area contributed by atoms with Gasteiger partial charge in [0.2, 0.25) is 0 Å². The van der Waals surface area contributed by atoms with Crippen LogP contribution >= 0.6 is 0 Å². The van der Waals surface area contributed by atoms with E-state index in [0.29, 0.717) is 12.0 Å². The van der Waals surface area contributed by atoms with Gasteiger partial charge in [0.05, 0.1) is 11.8 Å². The zero-order chi connectivity index (χ0) is 25.8. The van der Waals surface area contributed by atoms with Gasteiger partial charge in [-0.3, -0.25) is 14.4 Å². The van der Waals surface area contributed by atoms with Gasteiger partial charge >= 0.3 is 11.9 Å². The number of rotatable bonds is 8. The molecule has 1 saturated heterocycles. The maximum Gasteiger partial charge on any atom is 0.311 e. The Bertz CT molecular complexity index is 1250. The van der Waals surface area contributed by atoms with E-state index in [1.165, 1.54) is 0 Å². The van der Waals surface area contributed by atoms with Crippen LogP contribution in [0.2, 0.25) is 0 Å². The van der Waals surface area contributed by atoms with E-state index in [1.807, 2.05) is 56.3 Å². The van der Waals surface area contributed by atoms with Crippen molar-refractivity contribution in [2.75, 3.05) is 0 Å². The summed E-state index contributed by atoms with van der Waals surface area (Å²) in [5.74, 6) is -2.17. The number of hydrogen-bond donors (Lipinski definition) is 0. The number of esters is 2. The Kier molecular flexibility index (Phi) is 6.14. The molecule has 5 nitrogen and oxygen atoms in total. The third-order valence-electron chi connectivity index (χ3n) is 8.82. The van der Waals surface area contributed by atoms with Crippen LogP contribution in [0.3, 0.4) is 0 Å². The van der Waals surface area contributed by atoms with E-state index >= 15 is 0 Å². The van der Waals surface area contributed by atoms with Crippen LogP contribution in [-0.4, -0.2) is 23.8 Å². The minimum absolute atomic E-state index is 0.0318. The van der Waals surface area contributed by atoms with Crippen LogP contribution in [0.5, 0.6) is 0 Å². The van der Waals surface area contributed by atoms with E-state index in [4.69, 9.17) is 9.47 Å². The van der Waals surface area contributed by atoms with Gasteiger partial charge in [0.25, 0.3) is 0 Å².